The summed E-state index contributed by atoms with van der Waals surface area (Å²) in [5.74, 6) is 0. The van der Waals surface area contributed by atoms with Crippen LogP contribution in [0.2, 0.25) is 0 Å². The van der Waals surface area contributed by atoms with Gasteiger partial charge in [0.05, 0.1) is 16.3 Å². The van der Waals surface area contributed by atoms with Gasteiger partial charge in [0.2, 0.25) is 0 Å². The zero-order valence-electron chi connectivity index (χ0n) is 11.6. The van der Waals surface area contributed by atoms with Crippen LogP contribution in [0.5, 0.6) is 0 Å². The van der Waals surface area contributed by atoms with Gasteiger partial charge in [0.1, 0.15) is 0 Å². The molecule has 0 aliphatic carbocycles. The lowest BCUT2D eigenvalue weighted by Crippen LogP contribution is -1.87. The number of aromatic nitrogens is 2. The molecule has 106 valence electrons. The second kappa shape index (κ2) is 5.83. The minimum Gasteiger partial charge on any atom is -0.256 e. The number of rotatable bonds is 3. The lowest BCUT2D eigenvalue weighted by Gasteiger charge is -2.06. The monoisotopic (exact) mass is 320 g/mol. The van der Waals surface area contributed by atoms with Gasteiger partial charge >= 0.3 is 0 Å². The summed E-state index contributed by atoms with van der Waals surface area (Å²) in [6.45, 7) is 0. The van der Waals surface area contributed by atoms with E-state index in [4.69, 9.17) is 0 Å². The molecule has 0 radical (unpaired) electrons. The fourth-order valence-corrected chi connectivity index (χ4v) is 4.30. The van der Waals surface area contributed by atoms with Gasteiger partial charge in [-0.15, -0.1) is 22.7 Å². The molecule has 0 bridgehead atoms. The quantitative estimate of drug-likeness (QED) is 0.491. The van der Waals surface area contributed by atoms with Gasteiger partial charge in [-0.25, -0.2) is 0 Å². The Balaban J connectivity index is 1.97. The van der Waals surface area contributed by atoms with Crippen LogP contribution >= 0.6 is 22.7 Å². The van der Waals surface area contributed by atoms with Gasteiger partial charge in [-0.05, 0) is 35.7 Å². The first-order chi connectivity index (χ1) is 10.9. The molecule has 0 atom stereocenters. The van der Waals surface area contributed by atoms with E-state index in [1.807, 2.05) is 36.7 Å². The summed E-state index contributed by atoms with van der Waals surface area (Å²) >= 11 is 3.48. The minimum atomic E-state index is 0.993. The lowest BCUT2D eigenvalue weighted by molar-refractivity contribution is 1.32. The normalized spacial score (nSPS) is 10.7. The lowest BCUT2D eigenvalue weighted by atomic mass is 10.0. The molecular weight excluding hydrogens is 308 g/mol. The highest BCUT2D eigenvalue weighted by Crippen LogP contribution is 2.44. The summed E-state index contributed by atoms with van der Waals surface area (Å²) in [5.41, 5.74) is 4.40. The molecule has 0 saturated carbocycles. The Labute approximate surface area is 136 Å². The largest absolute Gasteiger partial charge is 0.256 e. The second-order valence-electron chi connectivity index (χ2n) is 4.76. The molecule has 0 aliphatic heterocycles. The molecule has 4 aromatic rings. The molecular formula is C18H12N2S2. The van der Waals surface area contributed by atoms with Gasteiger partial charge in [-0.2, -0.15) is 0 Å². The Hall–Kier alpha value is -2.30. The van der Waals surface area contributed by atoms with Crippen molar-refractivity contribution in [2.45, 2.75) is 0 Å². The number of pyridine rings is 2. The third kappa shape index (κ3) is 2.36. The van der Waals surface area contributed by atoms with Crippen molar-refractivity contribution in [3.8, 4) is 32.3 Å². The standard InChI is InChI=1S/C18H12N2S2/c1-3-9-19-14(6-1)17-13(16-8-5-11-21-16)12-22-18(17)15-7-2-4-10-20-15/h1-12H. The van der Waals surface area contributed by atoms with E-state index >= 15 is 0 Å². The molecule has 0 fully saturated rings. The molecule has 0 unspecified atom stereocenters. The summed E-state index contributed by atoms with van der Waals surface area (Å²) in [5, 5.41) is 4.31. The van der Waals surface area contributed by atoms with E-state index in [0.717, 1.165) is 11.4 Å². The molecule has 0 N–H and O–H groups in total. The van der Waals surface area contributed by atoms with E-state index in [2.05, 4.69) is 45.0 Å². The maximum Gasteiger partial charge on any atom is 0.0808 e. The molecule has 0 aromatic carbocycles. The summed E-state index contributed by atoms with van der Waals surface area (Å²) in [6.07, 6.45) is 3.68. The van der Waals surface area contributed by atoms with E-state index in [0.29, 0.717) is 0 Å². The number of nitrogens with zero attached hydrogens (tertiary/aromatic N) is 2. The molecule has 0 amide bonds. The first-order valence-corrected chi connectivity index (χ1v) is 8.67. The second-order valence-corrected chi connectivity index (χ2v) is 6.59. The fourth-order valence-electron chi connectivity index (χ4n) is 2.42. The zero-order chi connectivity index (χ0) is 14.8. The van der Waals surface area contributed by atoms with Crippen LogP contribution in [-0.4, -0.2) is 9.97 Å². The summed E-state index contributed by atoms with van der Waals surface area (Å²) in [7, 11) is 0. The molecule has 4 heteroatoms. The number of hydrogen-bond donors (Lipinski definition) is 0. The van der Waals surface area contributed by atoms with Gasteiger partial charge in [0, 0.05) is 33.8 Å². The van der Waals surface area contributed by atoms with E-state index in [1.54, 1.807) is 22.7 Å². The van der Waals surface area contributed by atoms with Crippen LogP contribution in [-0.2, 0) is 0 Å². The molecule has 22 heavy (non-hydrogen) atoms. The molecule has 2 nitrogen and oxygen atoms in total. The molecule has 4 aromatic heterocycles. The van der Waals surface area contributed by atoms with Crippen molar-refractivity contribution in [3.63, 3.8) is 0 Å². The Morgan fingerprint density at radius 2 is 1.50 bits per heavy atom. The Kier molecular flexibility index (Phi) is 3.54. The number of hydrogen-bond acceptors (Lipinski definition) is 4. The van der Waals surface area contributed by atoms with Crippen LogP contribution < -0.4 is 0 Å². The summed E-state index contributed by atoms with van der Waals surface area (Å²) < 4.78 is 0. The Morgan fingerprint density at radius 1 is 0.727 bits per heavy atom. The van der Waals surface area contributed by atoms with E-state index in [-0.39, 0.29) is 0 Å². The Bertz CT molecular complexity index is 866. The van der Waals surface area contributed by atoms with Gasteiger partial charge in [-0.3, -0.25) is 9.97 Å². The predicted octanol–water partition coefficient (Wildman–Crippen LogP) is 5.60. The minimum absolute atomic E-state index is 0.993. The molecule has 0 spiro atoms. The average Bonchev–Trinajstić information content (AvgIpc) is 3.25. The van der Waals surface area contributed by atoms with Crippen LogP contribution in [0.1, 0.15) is 0 Å². The first kappa shape index (κ1) is 13.4. The van der Waals surface area contributed by atoms with Crippen LogP contribution in [0.3, 0.4) is 0 Å². The van der Waals surface area contributed by atoms with E-state index < -0.39 is 0 Å². The highest BCUT2D eigenvalue weighted by Gasteiger charge is 2.18. The predicted molar refractivity (Wildman–Crippen MR) is 94.1 cm³/mol. The van der Waals surface area contributed by atoms with Crippen molar-refractivity contribution in [1.82, 2.24) is 9.97 Å². The van der Waals surface area contributed by atoms with E-state index in [9.17, 15) is 0 Å². The zero-order valence-corrected chi connectivity index (χ0v) is 13.3. The third-order valence-electron chi connectivity index (χ3n) is 3.40. The van der Waals surface area contributed by atoms with Crippen molar-refractivity contribution in [3.05, 3.63) is 71.7 Å². The smallest absolute Gasteiger partial charge is 0.0808 e. The topological polar surface area (TPSA) is 25.8 Å². The molecule has 0 saturated heterocycles. The summed E-state index contributed by atoms with van der Waals surface area (Å²) in [4.78, 5) is 11.5. The van der Waals surface area contributed by atoms with Gasteiger partial charge in [0.25, 0.3) is 0 Å². The molecule has 4 heterocycles. The SMILES string of the molecule is c1ccc(-c2scc(-c3cccs3)c2-c2ccccn2)nc1. The van der Waals surface area contributed by atoms with Gasteiger partial charge in [-0.1, -0.05) is 18.2 Å². The first-order valence-electron chi connectivity index (χ1n) is 6.91. The maximum absolute atomic E-state index is 4.56. The van der Waals surface area contributed by atoms with Crippen LogP contribution in [0.4, 0.5) is 0 Å². The van der Waals surface area contributed by atoms with Crippen molar-refractivity contribution < 1.29 is 0 Å². The summed E-state index contributed by atoms with van der Waals surface area (Å²) in [6, 6.07) is 16.3. The third-order valence-corrected chi connectivity index (χ3v) is 5.30. The average molecular weight is 320 g/mol. The van der Waals surface area contributed by atoms with Gasteiger partial charge in [0.15, 0.2) is 0 Å². The molecule has 0 aliphatic rings. The van der Waals surface area contributed by atoms with Crippen molar-refractivity contribution in [2.24, 2.45) is 0 Å². The van der Waals surface area contributed by atoms with Crippen molar-refractivity contribution in [2.75, 3.05) is 0 Å². The van der Waals surface area contributed by atoms with Crippen molar-refractivity contribution >= 4 is 22.7 Å². The molecule has 4 rings (SSSR count). The van der Waals surface area contributed by atoms with Crippen LogP contribution in [0.25, 0.3) is 32.3 Å². The van der Waals surface area contributed by atoms with Crippen molar-refractivity contribution in [1.29, 1.82) is 0 Å². The van der Waals surface area contributed by atoms with Crippen LogP contribution in [0.15, 0.2) is 71.7 Å². The highest BCUT2D eigenvalue weighted by atomic mass is 32.1. The maximum atomic E-state index is 4.56. The van der Waals surface area contributed by atoms with E-state index in [1.165, 1.54) is 20.9 Å². The van der Waals surface area contributed by atoms with Crippen LogP contribution in [0, 0.1) is 0 Å². The highest BCUT2D eigenvalue weighted by molar-refractivity contribution is 7.16. The van der Waals surface area contributed by atoms with Gasteiger partial charge < -0.3 is 0 Å². The number of thiophene rings is 2. The fraction of sp³-hybridized carbons (Fsp3) is 0. The Morgan fingerprint density at radius 3 is 2.14 bits per heavy atom.